The fraction of sp³-hybridized carbons (Fsp3) is 0.429. The van der Waals surface area contributed by atoms with Crippen molar-refractivity contribution >= 4 is 10.9 Å². The molecule has 0 fully saturated rings. The van der Waals surface area contributed by atoms with Crippen LogP contribution in [0.2, 0.25) is 0 Å². The lowest BCUT2D eigenvalue weighted by Crippen LogP contribution is -2.37. The molecule has 0 aliphatic rings. The third kappa shape index (κ3) is 2.45. The van der Waals surface area contributed by atoms with E-state index in [1.54, 1.807) is 0 Å². The van der Waals surface area contributed by atoms with Gasteiger partial charge in [0.25, 0.3) is 0 Å². The summed E-state index contributed by atoms with van der Waals surface area (Å²) in [4.78, 5) is 3.24. The summed E-state index contributed by atoms with van der Waals surface area (Å²) in [5.41, 5.74) is 2.76. The van der Waals surface area contributed by atoms with Gasteiger partial charge in [0.1, 0.15) is 0 Å². The van der Waals surface area contributed by atoms with Crippen LogP contribution in [0.25, 0.3) is 10.9 Å². The zero-order valence-corrected chi connectivity index (χ0v) is 10.3. The molecule has 0 atom stereocenters. The summed E-state index contributed by atoms with van der Waals surface area (Å²) in [5.74, 6) is 0. The zero-order valence-electron chi connectivity index (χ0n) is 10.3. The predicted octanol–water partition coefficient (Wildman–Crippen LogP) is 3.45. The molecule has 0 bridgehead atoms. The summed E-state index contributed by atoms with van der Waals surface area (Å²) in [5, 5.41) is 4.84. The Bertz CT molecular complexity index is 468. The molecule has 2 N–H and O–H groups in total. The molecule has 2 aromatic rings. The maximum absolute atomic E-state index is 3.57. The molecule has 16 heavy (non-hydrogen) atoms. The van der Waals surface area contributed by atoms with Crippen LogP contribution in [-0.2, 0) is 6.54 Å². The van der Waals surface area contributed by atoms with Crippen molar-refractivity contribution in [2.24, 2.45) is 0 Å². The minimum Gasteiger partial charge on any atom is -0.361 e. The van der Waals surface area contributed by atoms with E-state index in [1.807, 2.05) is 6.20 Å². The Hall–Kier alpha value is -1.28. The number of aromatic nitrogens is 1. The van der Waals surface area contributed by atoms with Crippen molar-refractivity contribution in [3.8, 4) is 0 Å². The van der Waals surface area contributed by atoms with Gasteiger partial charge in [-0.15, -0.1) is 0 Å². The molecule has 2 rings (SSSR count). The van der Waals surface area contributed by atoms with E-state index in [9.17, 15) is 0 Å². The highest BCUT2D eigenvalue weighted by Crippen LogP contribution is 2.15. The van der Waals surface area contributed by atoms with E-state index in [1.165, 1.54) is 16.5 Å². The molecule has 1 aromatic carbocycles. The Morgan fingerprint density at radius 1 is 1.25 bits per heavy atom. The highest BCUT2D eigenvalue weighted by atomic mass is 14.9. The molecule has 1 aromatic heterocycles. The van der Waals surface area contributed by atoms with Crippen molar-refractivity contribution in [1.29, 1.82) is 0 Å². The molecule has 2 nitrogen and oxygen atoms in total. The third-order valence-electron chi connectivity index (χ3n) is 3.27. The van der Waals surface area contributed by atoms with Gasteiger partial charge in [-0.05, 0) is 43.4 Å². The van der Waals surface area contributed by atoms with Crippen LogP contribution in [0.5, 0.6) is 0 Å². The number of nitrogens with one attached hydrogen (secondary N) is 2. The van der Waals surface area contributed by atoms with Crippen LogP contribution < -0.4 is 5.32 Å². The second-order valence-corrected chi connectivity index (χ2v) is 4.99. The minimum absolute atomic E-state index is 0.213. The van der Waals surface area contributed by atoms with Crippen LogP contribution in [0.4, 0.5) is 0 Å². The number of H-pyrrole nitrogens is 1. The number of rotatable bonds is 4. The van der Waals surface area contributed by atoms with Crippen molar-refractivity contribution in [1.82, 2.24) is 10.3 Å². The lowest BCUT2D eigenvalue weighted by molar-refractivity contribution is 0.374. The van der Waals surface area contributed by atoms with E-state index in [2.05, 4.69) is 55.3 Å². The monoisotopic (exact) mass is 216 g/mol. The number of benzene rings is 1. The normalized spacial score (nSPS) is 12.2. The Morgan fingerprint density at radius 3 is 2.81 bits per heavy atom. The first kappa shape index (κ1) is 11.2. The number of aromatic amines is 1. The average molecular weight is 216 g/mol. The first-order valence-electron chi connectivity index (χ1n) is 5.92. The fourth-order valence-electron chi connectivity index (χ4n) is 1.67. The molecule has 0 saturated heterocycles. The van der Waals surface area contributed by atoms with Crippen LogP contribution in [-0.4, -0.2) is 10.5 Å². The van der Waals surface area contributed by atoms with E-state index < -0.39 is 0 Å². The lowest BCUT2D eigenvalue weighted by Gasteiger charge is -2.24. The predicted molar refractivity (Wildman–Crippen MR) is 69.5 cm³/mol. The second kappa shape index (κ2) is 4.30. The Morgan fingerprint density at radius 2 is 2.06 bits per heavy atom. The van der Waals surface area contributed by atoms with Gasteiger partial charge in [-0.25, -0.2) is 0 Å². The fourth-order valence-corrected chi connectivity index (χ4v) is 1.67. The molecule has 0 aliphatic carbocycles. The van der Waals surface area contributed by atoms with Crippen LogP contribution in [0.1, 0.15) is 32.8 Å². The summed E-state index contributed by atoms with van der Waals surface area (Å²) in [6, 6.07) is 8.67. The van der Waals surface area contributed by atoms with Gasteiger partial charge in [0.05, 0.1) is 0 Å². The second-order valence-electron chi connectivity index (χ2n) is 4.99. The molecule has 86 valence electrons. The SMILES string of the molecule is CCC(C)(C)NCc1ccc2cc[nH]c2c1. The number of fused-ring (bicyclic) bond motifs is 1. The van der Waals surface area contributed by atoms with Crippen molar-refractivity contribution in [3.05, 3.63) is 36.0 Å². The Balaban J connectivity index is 2.09. The Kier molecular flexibility index (Phi) is 3.01. The van der Waals surface area contributed by atoms with Gasteiger partial charge < -0.3 is 10.3 Å². The first-order chi connectivity index (χ1) is 7.61. The van der Waals surface area contributed by atoms with E-state index in [4.69, 9.17) is 0 Å². The molecule has 2 heteroatoms. The van der Waals surface area contributed by atoms with Gasteiger partial charge in [-0.1, -0.05) is 19.1 Å². The maximum Gasteiger partial charge on any atom is 0.0457 e. The zero-order chi connectivity index (χ0) is 11.6. The van der Waals surface area contributed by atoms with Crippen LogP contribution in [0.15, 0.2) is 30.5 Å². The van der Waals surface area contributed by atoms with E-state index in [0.717, 1.165) is 13.0 Å². The van der Waals surface area contributed by atoms with Gasteiger partial charge in [0, 0.05) is 23.8 Å². The van der Waals surface area contributed by atoms with Gasteiger partial charge in [0.15, 0.2) is 0 Å². The van der Waals surface area contributed by atoms with Crippen LogP contribution in [0, 0.1) is 0 Å². The molecule has 1 heterocycles. The molecular formula is C14H20N2. The summed E-state index contributed by atoms with van der Waals surface area (Å²) in [6.45, 7) is 7.61. The molecule has 0 aliphatic heterocycles. The molecule has 0 radical (unpaired) electrons. The molecule has 0 saturated carbocycles. The average Bonchev–Trinajstić information content (AvgIpc) is 2.73. The third-order valence-corrected chi connectivity index (χ3v) is 3.27. The topological polar surface area (TPSA) is 27.8 Å². The molecule has 0 unspecified atom stereocenters. The van der Waals surface area contributed by atoms with Crippen LogP contribution in [0.3, 0.4) is 0 Å². The van der Waals surface area contributed by atoms with Crippen molar-refractivity contribution in [2.45, 2.75) is 39.3 Å². The van der Waals surface area contributed by atoms with Gasteiger partial charge in [0.2, 0.25) is 0 Å². The number of hydrogen-bond donors (Lipinski definition) is 2. The number of hydrogen-bond acceptors (Lipinski definition) is 1. The Labute approximate surface area is 97.1 Å². The van der Waals surface area contributed by atoms with Crippen LogP contribution >= 0.6 is 0 Å². The van der Waals surface area contributed by atoms with E-state index in [-0.39, 0.29) is 5.54 Å². The molecular weight excluding hydrogens is 196 g/mol. The van der Waals surface area contributed by atoms with Gasteiger partial charge >= 0.3 is 0 Å². The lowest BCUT2D eigenvalue weighted by atomic mass is 10.0. The van der Waals surface area contributed by atoms with E-state index in [0.29, 0.717) is 0 Å². The highest BCUT2D eigenvalue weighted by Gasteiger charge is 2.13. The van der Waals surface area contributed by atoms with Crippen molar-refractivity contribution < 1.29 is 0 Å². The first-order valence-corrected chi connectivity index (χ1v) is 5.92. The van der Waals surface area contributed by atoms with Crippen molar-refractivity contribution in [2.75, 3.05) is 0 Å². The summed E-state index contributed by atoms with van der Waals surface area (Å²) < 4.78 is 0. The van der Waals surface area contributed by atoms with Gasteiger partial charge in [-0.3, -0.25) is 0 Å². The molecule has 0 spiro atoms. The van der Waals surface area contributed by atoms with E-state index >= 15 is 0 Å². The smallest absolute Gasteiger partial charge is 0.0457 e. The largest absolute Gasteiger partial charge is 0.361 e. The van der Waals surface area contributed by atoms with Crippen molar-refractivity contribution in [3.63, 3.8) is 0 Å². The summed E-state index contributed by atoms with van der Waals surface area (Å²) in [6.07, 6.45) is 3.12. The molecule has 0 amide bonds. The van der Waals surface area contributed by atoms with Gasteiger partial charge in [-0.2, -0.15) is 0 Å². The minimum atomic E-state index is 0.213. The standard InChI is InChI=1S/C14H20N2/c1-4-14(2,3)16-10-11-5-6-12-7-8-15-13(12)9-11/h5-9,15-16H,4,10H2,1-3H3. The summed E-state index contributed by atoms with van der Waals surface area (Å²) in [7, 11) is 0. The quantitative estimate of drug-likeness (QED) is 0.805. The maximum atomic E-state index is 3.57. The summed E-state index contributed by atoms with van der Waals surface area (Å²) >= 11 is 0. The highest BCUT2D eigenvalue weighted by molar-refractivity contribution is 5.79.